The number of nitrogens with one attached hydrogen (secondary N) is 2. The third kappa shape index (κ3) is 5.12. The molecule has 0 spiro atoms. The summed E-state index contributed by atoms with van der Waals surface area (Å²) in [5.74, 6) is 0.978. The van der Waals surface area contributed by atoms with Gasteiger partial charge in [0.2, 0.25) is 0 Å². The van der Waals surface area contributed by atoms with Gasteiger partial charge in [0, 0.05) is 43.8 Å². The lowest BCUT2D eigenvalue weighted by molar-refractivity contribution is 0.465. The number of aryl methyl sites for hydroxylation is 1. The van der Waals surface area contributed by atoms with Gasteiger partial charge >= 0.3 is 0 Å². The second kappa shape index (κ2) is 9.80. The number of nitrogens with zero attached hydrogens (tertiary/aromatic N) is 2. The number of benzene rings is 1. The lowest BCUT2D eigenvalue weighted by Gasteiger charge is -2.21. The molecule has 0 aliphatic heterocycles. The minimum Gasteiger partial charge on any atom is -0.358 e. The number of guanidine groups is 1. The van der Waals surface area contributed by atoms with Crippen LogP contribution in [0.25, 0.3) is 10.9 Å². The first-order valence-corrected chi connectivity index (χ1v) is 8.15. The molecule has 4 nitrogen and oxygen atoms in total. The molecule has 5 heteroatoms. The zero-order chi connectivity index (χ0) is 15.9. The molecule has 1 aromatic carbocycles. The fourth-order valence-corrected chi connectivity index (χ4v) is 2.84. The van der Waals surface area contributed by atoms with Crippen molar-refractivity contribution in [1.29, 1.82) is 0 Å². The van der Waals surface area contributed by atoms with Crippen LogP contribution in [0.2, 0.25) is 0 Å². The highest BCUT2D eigenvalue weighted by Gasteiger charge is 2.09. The quantitative estimate of drug-likeness (QED) is 0.416. The maximum absolute atomic E-state index is 4.37. The van der Waals surface area contributed by atoms with Crippen LogP contribution in [0, 0.1) is 6.92 Å². The molecule has 0 aliphatic rings. The number of rotatable bonds is 6. The maximum atomic E-state index is 4.37. The van der Waals surface area contributed by atoms with Gasteiger partial charge in [0.15, 0.2) is 5.96 Å². The predicted octanol–water partition coefficient (Wildman–Crippen LogP) is 3.94. The van der Waals surface area contributed by atoms with Crippen molar-refractivity contribution in [3.63, 3.8) is 0 Å². The Bertz CT molecular complexity index is 633. The Morgan fingerprint density at radius 1 is 1.30 bits per heavy atom. The van der Waals surface area contributed by atoms with Crippen molar-refractivity contribution in [1.82, 2.24) is 15.2 Å². The first-order chi connectivity index (χ1) is 10.7. The highest BCUT2D eigenvalue weighted by Crippen LogP contribution is 2.21. The smallest absolute Gasteiger partial charge is 0.193 e. The molecule has 0 atom stereocenters. The molecule has 128 valence electrons. The highest BCUT2D eigenvalue weighted by atomic mass is 127. The number of halogens is 1. The lowest BCUT2D eigenvalue weighted by atomic mass is 10.1. The Morgan fingerprint density at radius 3 is 2.74 bits per heavy atom. The van der Waals surface area contributed by atoms with Crippen LogP contribution in [0.15, 0.2) is 29.3 Å². The van der Waals surface area contributed by atoms with Crippen LogP contribution >= 0.6 is 24.0 Å². The van der Waals surface area contributed by atoms with Gasteiger partial charge in [-0.05, 0) is 31.4 Å². The van der Waals surface area contributed by atoms with Gasteiger partial charge in [-0.25, -0.2) is 0 Å². The van der Waals surface area contributed by atoms with Gasteiger partial charge in [-0.2, -0.15) is 0 Å². The van der Waals surface area contributed by atoms with E-state index in [1.54, 1.807) is 0 Å². The van der Waals surface area contributed by atoms with E-state index < -0.39 is 0 Å². The molecular formula is C18H29IN4. The molecule has 0 aliphatic carbocycles. The molecule has 1 heterocycles. The summed E-state index contributed by atoms with van der Waals surface area (Å²) in [7, 11) is 3.95. The van der Waals surface area contributed by atoms with Gasteiger partial charge in [0.1, 0.15) is 0 Å². The summed E-state index contributed by atoms with van der Waals surface area (Å²) in [5.41, 5.74) is 3.88. The van der Waals surface area contributed by atoms with Crippen molar-refractivity contribution in [2.45, 2.75) is 33.1 Å². The van der Waals surface area contributed by atoms with E-state index in [0.29, 0.717) is 0 Å². The van der Waals surface area contributed by atoms with Gasteiger partial charge in [-0.1, -0.05) is 31.5 Å². The van der Waals surface area contributed by atoms with Crippen LogP contribution in [0.5, 0.6) is 0 Å². The van der Waals surface area contributed by atoms with E-state index in [4.69, 9.17) is 0 Å². The second-order valence-electron chi connectivity index (χ2n) is 5.77. The summed E-state index contributed by atoms with van der Waals surface area (Å²) in [6, 6.07) is 8.50. The Morgan fingerprint density at radius 2 is 2.04 bits per heavy atom. The van der Waals surface area contributed by atoms with Crippen molar-refractivity contribution in [3.8, 4) is 0 Å². The number of aliphatic imine (C=N–C) groups is 1. The fourth-order valence-electron chi connectivity index (χ4n) is 2.84. The molecule has 0 fully saturated rings. The molecule has 0 radical (unpaired) electrons. The standard InChI is InChI=1S/C18H28N4.HI/c1-5-6-13-22(4)18(19-3)20-12-11-15-14(2)21-17-10-8-7-9-16(15)17;/h7-10,21H,5-6,11-13H2,1-4H3,(H,19,20);1H. The van der Waals surface area contributed by atoms with Gasteiger partial charge in [-0.3, -0.25) is 4.99 Å². The third-order valence-corrected chi connectivity index (χ3v) is 4.11. The Hall–Kier alpha value is -1.24. The summed E-state index contributed by atoms with van der Waals surface area (Å²) < 4.78 is 0. The van der Waals surface area contributed by atoms with Crippen LogP contribution in [-0.2, 0) is 6.42 Å². The van der Waals surface area contributed by atoms with Crippen LogP contribution in [0.4, 0.5) is 0 Å². The lowest BCUT2D eigenvalue weighted by Crippen LogP contribution is -2.40. The molecule has 0 amide bonds. The Kier molecular flexibility index (Phi) is 8.44. The molecule has 2 rings (SSSR count). The van der Waals surface area contributed by atoms with E-state index in [9.17, 15) is 0 Å². The number of hydrogen-bond donors (Lipinski definition) is 2. The van der Waals surface area contributed by atoms with Crippen LogP contribution < -0.4 is 5.32 Å². The summed E-state index contributed by atoms with van der Waals surface area (Å²) in [4.78, 5) is 10.0. The largest absolute Gasteiger partial charge is 0.358 e. The number of aromatic amines is 1. The fraction of sp³-hybridized carbons (Fsp3) is 0.500. The molecule has 0 bridgehead atoms. The van der Waals surface area contributed by atoms with Gasteiger partial charge < -0.3 is 15.2 Å². The summed E-state index contributed by atoms with van der Waals surface area (Å²) >= 11 is 0. The van der Waals surface area contributed by atoms with Crippen molar-refractivity contribution in [3.05, 3.63) is 35.5 Å². The number of hydrogen-bond acceptors (Lipinski definition) is 1. The molecule has 0 saturated carbocycles. The topological polar surface area (TPSA) is 43.4 Å². The molecule has 23 heavy (non-hydrogen) atoms. The molecule has 1 aromatic heterocycles. The van der Waals surface area contributed by atoms with Crippen molar-refractivity contribution >= 4 is 40.8 Å². The van der Waals surface area contributed by atoms with Gasteiger partial charge in [-0.15, -0.1) is 24.0 Å². The van der Waals surface area contributed by atoms with E-state index in [2.05, 4.69) is 65.4 Å². The van der Waals surface area contributed by atoms with E-state index in [1.165, 1.54) is 35.0 Å². The number of aromatic nitrogens is 1. The van der Waals surface area contributed by atoms with Crippen molar-refractivity contribution in [2.75, 3.05) is 27.2 Å². The SMILES string of the molecule is CCCCN(C)C(=NC)NCCc1c(C)[nH]c2ccccc12.I. The van der Waals surface area contributed by atoms with Crippen LogP contribution in [0.1, 0.15) is 31.0 Å². The van der Waals surface area contributed by atoms with Crippen molar-refractivity contribution in [2.24, 2.45) is 4.99 Å². The third-order valence-electron chi connectivity index (χ3n) is 4.11. The summed E-state index contributed by atoms with van der Waals surface area (Å²) in [6.07, 6.45) is 3.39. The predicted molar refractivity (Wildman–Crippen MR) is 111 cm³/mol. The number of H-pyrrole nitrogens is 1. The Labute approximate surface area is 156 Å². The van der Waals surface area contributed by atoms with Gasteiger partial charge in [0.25, 0.3) is 0 Å². The summed E-state index contributed by atoms with van der Waals surface area (Å²) in [5, 5.41) is 4.80. The maximum Gasteiger partial charge on any atom is 0.193 e. The van der Waals surface area contributed by atoms with Crippen molar-refractivity contribution < 1.29 is 0 Å². The number of unbranched alkanes of at least 4 members (excludes halogenated alkanes) is 1. The minimum absolute atomic E-state index is 0. The molecule has 2 aromatic rings. The molecular weight excluding hydrogens is 399 g/mol. The average molecular weight is 428 g/mol. The molecule has 0 unspecified atom stereocenters. The normalized spacial score (nSPS) is 11.4. The van der Waals surface area contributed by atoms with Crippen LogP contribution in [-0.4, -0.2) is 43.0 Å². The first-order valence-electron chi connectivity index (χ1n) is 8.15. The first kappa shape index (κ1) is 19.8. The zero-order valence-electron chi connectivity index (χ0n) is 14.6. The highest BCUT2D eigenvalue weighted by molar-refractivity contribution is 14.0. The molecule has 2 N–H and O–H groups in total. The van der Waals surface area contributed by atoms with Gasteiger partial charge in [0.05, 0.1) is 0 Å². The number of para-hydroxylation sites is 1. The second-order valence-corrected chi connectivity index (χ2v) is 5.77. The Balaban J connectivity index is 0.00000264. The molecule has 0 saturated heterocycles. The zero-order valence-corrected chi connectivity index (χ0v) is 17.0. The minimum atomic E-state index is 0. The average Bonchev–Trinajstić information content (AvgIpc) is 2.85. The van der Waals surface area contributed by atoms with E-state index >= 15 is 0 Å². The van der Waals surface area contributed by atoms with E-state index in [-0.39, 0.29) is 24.0 Å². The monoisotopic (exact) mass is 428 g/mol. The number of fused-ring (bicyclic) bond motifs is 1. The van der Waals surface area contributed by atoms with E-state index in [1.807, 2.05) is 7.05 Å². The summed E-state index contributed by atoms with van der Waals surface area (Å²) in [6.45, 7) is 6.30. The van der Waals surface area contributed by atoms with E-state index in [0.717, 1.165) is 25.5 Å². The van der Waals surface area contributed by atoms with Crippen LogP contribution in [0.3, 0.4) is 0 Å².